The molecule has 3 unspecified atom stereocenters. The number of aromatic nitrogens is 5. The summed E-state index contributed by atoms with van der Waals surface area (Å²) < 4.78 is 22.6. The van der Waals surface area contributed by atoms with E-state index in [2.05, 4.69) is 74.9 Å². The van der Waals surface area contributed by atoms with Crippen LogP contribution in [-0.4, -0.2) is 86.3 Å². The van der Waals surface area contributed by atoms with Crippen molar-refractivity contribution in [1.82, 2.24) is 34.6 Å². The average molecular weight is 774 g/mol. The number of anilines is 2. The zero-order chi connectivity index (χ0) is 39.1. The van der Waals surface area contributed by atoms with Crippen LogP contribution in [0.3, 0.4) is 0 Å². The number of pyridine rings is 1. The van der Waals surface area contributed by atoms with Crippen LogP contribution >= 0.6 is 0 Å². The highest BCUT2D eigenvalue weighted by Crippen LogP contribution is 2.39. The minimum absolute atomic E-state index is 0.164. The highest BCUT2D eigenvalue weighted by Gasteiger charge is 2.37. The summed E-state index contributed by atoms with van der Waals surface area (Å²) in [6, 6.07) is 23.0. The Labute approximate surface area is 334 Å². The van der Waals surface area contributed by atoms with Crippen LogP contribution < -0.4 is 25.0 Å². The van der Waals surface area contributed by atoms with Crippen LogP contribution in [0.15, 0.2) is 72.9 Å². The van der Waals surface area contributed by atoms with Gasteiger partial charge in [0.2, 0.25) is 5.95 Å². The van der Waals surface area contributed by atoms with E-state index < -0.39 is 0 Å². The molecule has 13 nitrogen and oxygen atoms in total. The van der Waals surface area contributed by atoms with Crippen molar-refractivity contribution < 1.29 is 19.0 Å². The molecule has 300 valence electrons. The van der Waals surface area contributed by atoms with Crippen molar-refractivity contribution >= 4 is 23.4 Å². The molecule has 9 rings (SSSR count). The molecule has 3 aliphatic heterocycles. The maximum absolute atomic E-state index is 13.9. The van der Waals surface area contributed by atoms with E-state index >= 15 is 0 Å². The van der Waals surface area contributed by atoms with Gasteiger partial charge in [0.1, 0.15) is 30.0 Å². The first-order valence-electron chi connectivity index (χ1n) is 20.8. The summed E-state index contributed by atoms with van der Waals surface area (Å²) in [5.41, 5.74) is 4.38. The number of morpholine rings is 1. The van der Waals surface area contributed by atoms with Crippen molar-refractivity contribution in [3.63, 3.8) is 0 Å². The maximum Gasteiger partial charge on any atom is 0.320 e. The molecule has 3 fully saturated rings. The molecule has 3 saturated heterocycles. The van der Waals surface area contributed by atoms with Gasteiger partial charge in [0.05, 0.1) is 36.8 Å². The minimum Gasteiger partial charge on any atom is -0.492 e. The number of urea groups is 1. The summed E-state index contributed by atoms with van der Waals surface area (Å²) in [5, 5.41) is 20.4. The number of rotatable bonds is 10. The molecular formula is C44H55N9O4. The maximum atomic E-state index is 13.9. The van der Waals surface area contributed by atoms with E-state index in [1.165, 1.54) is 19.3 Å². The smallest absolute Gasteiger partial charge is 0.320 e. The molecule has 0 saturated carbocycles. The Morgan fingerprint density at radius 3 is 2.53 bits per heavy atom. The summed E-state index contributed by atoms with van der Waals surface area (Å²) in [5.74, 6) is 2.99. The van der Waals surface area contributed by atoms with E-state index in [0.29, 0.717) is 30.6 Å². The molecule has 1 aliphatic carbocycles. The summed E-state index contributed by atoms with van der Waals surface area (Å²) in [6.45, 7) is 12.7. The zero-order valence-electron chi connectivity index (χ0n) is 33.6. The molecule has 0 spiro atoms. The summed E-state index contributed by atoms with van der Waals surface area (Å²) in [6.07, 6.45) is 9.25. The Bertz CT molecular complexity index is 2190. The number of ether oxygens (including phenoxy) is 3. The third-order valence-corrected chi connectivity index (χ3v) is 12.2. The summed E-state index contributed by atoms with van der Waals surface area (Å²) in [7, 11) is 0. The van der Waals surface area contributed by atoms with Crippen molar-refractivity contribution in [2.45, 2.75) is 108 Å². The van der Waals surface area contributed by atoms with Gasteiger partial charge in [-0.3, -0.25) is 14.6 Å². The topological polar surface area (TPSA) is 123 Å². The molecular weight excluding hydrogens is 719 g/mol. The van der Waals surface area contributed by atoms with Crippen LogP contribution in [0.4, 0.5) is 16.6 Å². The molecule has 5 atom stereocenters. The number of hydrogen-bond donors (Lipinski definition) is 2. The normalized spacial score (nSPS) is 23.6. The molecule has 0 radical (unpaired) electrons. The van der Waals surface area contributed by atoms with Gasteiger partial charge in [0, 0.05) is 48.8 Å². The van der Waals surface area contributed by atoms with Gasteiger partial charge in [0.25, 0.3) is 0 Å². The molecule has 2 amide bonds. The summed E-state index contributed by atoms with van der Waals surface area (Å²) >= 11 is 0. The predicted molar refractivity (Wildman–Crippen MR) is 220 cm³/mol. The van der Waals surface area contributed by atoms with Gasteiger partial charge < -0.3 is 24.4 Å². The second-order valence-corrected chi connectivity index (χ2v) is 17.2. The lowest BCUT2D eigenvalue weighted by Gasteiger charge is -2.34. The van der Waals surface area contributed by atoms with Gasteiger partial charge in [-0.1, -0.05) is 51.1 Å². The average Bonchev–Trinajstić information content (AvgIpc) is 3.88. The van der Waals surface area contributed by atoms with Gasteiger partial charge >= 0.3 is 6.03 Å². The van der Waals surface area contributed by atoms with Crippen LogP contribution in [0.2, 0.25) is 0 Å². The van der Waals surface area contributed by atoms with E-state index in [9.17, 15) is 4.79 Å². The third kappa shape index (κ3) is 7.79. The number of hydrogen-bond acceptors (Lipinski definition) is 9. The number of fused-ring (bicyclic) bond motifs is 4. The molecule has 5 aromatic rings. The molecule has 2 N–H and O–H groups in total. The third-order valence-electron chi connectivity index (χ3n) is 12.2. The standard InChI is InChI=1S/C44H55N9O4/c1-29-10-7-8-21-50(29)43-48-47-40-20-17-34(26-52(40)43)57-38-19-18-37(35-13-5-6-14-36(35)38)45-42(54)46-41-25-39(44(2,3)4)49-53(41)30-11-9-12-33(24-30)56-23-22-51-31-15-16-32(51)28-55-27-31/h5-6,9,11-14,17,20,24-26,29,31-32,37-38H,7-8,10,15-16,18-19,21-23,27-28H2,1-4H3,(H2,45,46,54)/t29?,31?,32?,37-,38+/m0/s1. The molecule has 3 aromatic heterocycles. The van der Waals surface area contributed by atoms with Gasteiger partial charge in [-0.25, -0.2) is 9.48 Å². The first-order valence-corrected chi connectivity index (χ1v) is 20.8. The molecule has 2 bridgehead atoms. The number of carbonyl (C=O) groups is 1. The van der Waals surface area contributed by atoms with Gasteiger partial charge in [-0.05, 0) is 87.3 Å². The Hall–Kier alpha value is -5.14. The first kappa shape index (κ1) is 37.4. The zero-order valence-corrected chi connectivity index (χ0v) is 33.6. The molecule has 13 heteroatoms. The van der Waals surface area contributed by atoms with Crippen molar-refractivity contribution in [2.75, 3.05) is 43.1 Å². The second-order valence-electron chi connectivity index (χ2n) is 17.2. The Kier molecular flexibility index (Phi) is 10.3. The Balaban J connectivity index is 0.885. The van der Waals surface area contributed by atoms with Crippen molar-refractivity contribution in [3.8, 4) is 17.2 Å². The highest BCUT2D eigenvalue weighted by molar-refractivity contribution is 5.89. The number of nitrogens with zero attached hydrogens (tertiary/aromatic N) is 7. The Morgan fingerprint density at radius 2 is 1.72 bits per heavy atom. The first-order chi connectivity index (χ1) is 27.7. The molecule has 6 heterocycles. The number of amides is 2. The lowest BCUT2D eigenvalue weighted by Crippen LogP contribution is -2.47. The fraction of sp³-hybridized carbons (Fsp3) is 0.500. The van der Waals surface area contributed by atoms with Crippen LogP contribution in [0.25, 0.3) is 11.3 Å². The second kappa shape index (κ2) is 15.7. The highest BCUT2D eigenvalue weighted by atomic mass is 16.5. The Morgan fingerprint density at radius 1 is 0.895 bits per heavy atom. The van der Waals surface area contributed by atoms with E-state index in [4.69, 9.17) is 19.3 Å². The molecule has 57 heavy (non-hydrogen) atoms. The van der Waals surface area contributed by atoms with Gasteiger partial charge in [-0.15, -0.1) is 10.2 Å². The predicted octanol–water partition coefficient (Wildman–Crippen LogP) is 7.61. The van der Waals surface area contributed by atoms with Gasteiger partial charge in [-0.2, -0.15) is 5.10 Å². The van der Waals surface area contributed by atoms with E-state index in [0.717, 1.165) is 97.6 Å². The van der Waals surface area contributed by atoms with Crippen molar-refractivity contribution in [1.29, 1.82) is 0 Å². The van der Waals surface area contributed by atoms with Crippen LogP contribution in [0.5, 0.6) is 11.5 Å². The monoisotopic (exact) mass is 773 g/mol. The molecule has 2 aromatic carbocycles. The lowest BCUT2D eigenvalue weighted by atomic mass is 9.85. The van der Waals surface area contributed by atoms with Crippen LogP contribution in [0.1, 0.15) is 102 Å². The number of piperidine rings is 1. The van der Waals surface area contributed by atoms with E-state index in [-0.39, 0.29) is 23.6 Å². The van der Waals surface area contributed by atoms with Gasteiger partial charge in [0.15, 0.2) is 5.65 Å². The summed E-state index contributed by atoms with van der Waals surface area (Å²) in [4.78, 5) is 18.7. The van der Waals surface area contributed by atoms with Crippen molar-refractivity contribution in [2.24, 2.45) is 0 Å². The van der Waals surface area contributed by atoms with E-state index in [1.54, 1.807) is 4.68 Å². The van der Waals surface area contributed by atoms with E-state index in [1.807, 2.05) is 60.8 Å². The van der Waals surface area contributed by atoms with Crippen molar-refractivity contribution in [3.05, 3.63) is 89.7 Å². The van der Waals surface area contributed by atoms with Crippen LogP contribution in [-0.2, 0) is 10.2 Å². The van der Waals surface area contributed by atoms with Crippen LogP contribution in [0, 0.1) is 0 Å². The minimum atomic E-state index is -0.291. The quantitative estimate of drug-likeness (QED) is 0.148. The number of benzene rings is 2. The number of nitrogens with one attached hydrogen (secondary N) is 2. The fourth-order valence-electron chi connectivity index (χ4n) is 9.10. The SMILES string of the molecule is CC1CCCCN1c1nnc2ccc(O[C@@H]3CC[C@H](NC(=O)Nc4cc(C(C)(C)C)nn4-c4cccc(OCCN5C6CCC5COC6)c4)c4ccccc43)cn12. The molecule has 4 aliphatic rings. The fourth-order valence-corrected chi connectivity index (χ4v) is 9.10. The lowest BCUT2D eigenvalue weighted by molar-refractivity contribution is -0.0190. The largest absolute Gasteiger partial charge is 0.492 e. The number of carbonyl (C=O) groups excluding carboxylic acids is 1.